The lowest BCUT2D eigenvalue weighted by atomic mass is 9.62. The molecule has 2 aliphatic rings. The maximum atomic E-state index is 11.8. The van der Waals surface area contributed by atoms with Crippen LogP contribution in [0, 0.1) is 22.0 Å². The lowest BCUT2D eigenvalue weighted by Crippen LogP contribution is -2.53. The molecule has 6 nitrogen and oxygen atoms in total. The Kier molecular flexibility index (Phi) is 5.79. The van der Waals surface area contributed by atoms with E-state index in [1.165, 1.54) is 6.42 Å². The minimum Gasteiger partial charge on any atom is -0.442 e. The van der Waals surface area contributed by atoms with Gasteiger partial charge in [-0.15, -0.1) is 0 Å². The monoisotopic (exact) mass is 360 g/mol. The molecular formula is C20H28N2O4. The molecule has 26 heavy (non-hydrogen) atoms. The van der Waals surface area contributed by atoms with Crippen LogP contribution in [0.1, 0.15) is 63.4 Å². The number of carbonyl (C=O) groups is 1. The molecule has 1 aromatic carbocycles. The Labute approximate surface area is 154 Å². The number of rotatable bonds is 5. The first-order valence-electron chi connectivity index (χ1n) is 9.73. The van der Waals surface area contributed by atoms with Crippen LogP contribution in [-0.2, 0) is 11.2 Å². The second-order valence-corrected chi connectivity index (χ2v) is 7.74. The zero-order valence-electron chi connectivity index (χ0n) is 15.2. The predicted molar refractivity (Wildman–Crippen MR) is 98.7 cm³/mol. The van der Waals surface area contributed by atoms with Crippen LogP contribution in [0.15, 0.2) is 24.3 Å². The molecule has 6 heteroatoms. The molecule has 2 saturated carbocycles. The summed E-state index contributed by atoms with van der Waals surface area (Å²) in [4.78, 5) is 22.9. The van der Waals surface area contributed by atoms with Gasteiger partial charge in [-0.25, -0.2) is 4.79 Å². The largest absolute Gasteiger partial charge is 0.442 e. The standard InChI is InChI=1S/C20H28N2O4/c21-19(23)26-20(16-9-2-1-3-10-16)13-7-6-11-17(20)14-15-8-4-5-12-18(15)22(24)25/h4-5,8,12,16-17H,1-3,6-7,9-11,13-14H2,(H2,21,23). The van der Waals surface area contributed by atoms with E-state index in [1.54, 1.807) is 12.1 Å². The molecule has 3 rings (SSSR count). The van der Waals surface area contributed by atoms with Crippen molar-refractivity contribution in [2.45, 2.75) is 69.8 Å². The van der Waals surface area contributed by atoms with E-state index in [4.69, 9.17) is 10.5 Å². The molecule has 2 N–H and O–H groups in total. The second kappa shape index (κ2) is 8.06. The summed E-state index contributed by atoms with van der Waals surface area (Å²) in [6.45, 7) is 0. The summed E-state index contributed by atoms with van der Waals surface area (Å²) in [5.74, 6) is 0.379. The molecule has 0 aliphatic heterocycles. The van der Waals surface area contributed by atoms with E-state index in [0.29, 0.717) is 12.3 Å². The number of nitro benzene ring substituents is 1. The lowest BCUT2D eigenvalue weighted by Gasteiger charge is -2.49. The number of para-hydroxylation sites is 1. The molecule has 1 amide bonds. The zero-order valence-corrected chi connectivity index (χ0v) is 15.2. The first-order valence-corrected chi connectivity index (χ1v) is 9.73. The van der Waals surface area contributed by atoms with Crippen LogP contribution in [-0.4, -0.2) is 16.6 Å². The minimum atomic E-state index is -0.718. The molecule has 142 valence electrons. The van der Waals surface area contributed by atoms with Crippen LogP contribution in [0.25, 0.3) is 0 Å². The fraction of sp³-hybridized carbons (Fsp3) is 0.650. The van der Waals surface area contributed by atoms with Crippen LogP contribution in [0.3, 0.4) is 0 Å². The maximum absolute atomic E-state index is 11.8. The number of nitro groups is 1. The number of primary amides is 1. The summed E-state index contributed by atoms with van der Waals surface area (Å²) in [5, 5.41) is 11.4. The smallest absolute Gasteiger partial charge is 0.405 e. The predicted octanol–water partition coefficient (Wildman–Crippen LogP) is 4.74. The zero-order chi connectivity index (χ0) is 18.6. The first kappa shape index (κ1) is 18.7. The van der Waals surface area contributed by atoms with Crippen LogP contribution in [0.2, 0.25) is 0 Å². The Morgan fingerprint density at radius 2 is 1.85 bits per heavy atom. The van der Waals surface area contributed by atoms with Gasteiger partial charge in [-0.2, -0.15) is 0 Å². The van der Waals surface area contributed by atoms with Crippen molar-refractivity contribution in [3.05, 3.63) is 39.9 Å². The summed E-state index contributed by atoms with van der Waals surface area (Å²) in [6, 6.07) is 6.90. The molecule has 2 fully saturated rings. The van der Waals surface area contributed by atoms with Crippen molar-refractivity contribution in [3.63, 3.8) is 0 Å². The normalized spacial score (nSPS) is 27.0. The van der Waals surface area contributed by atoms with E-state index >= 15 is 0 Å². The summed E-state index contributed by atoms with van der Waals surface area (Å²) < 4.78 is 5.87. The van der Waals surface area contributed by atoms with E-state index in [0.717, 1.165) is 56.9 Å². The fourth-order valence-corrected chi connectivity index (χ4v) is 5.18. The van der Waals surface area contributed by atoms with Gasteiger partial charge in [-0.3, -0.25) is 10.1 Å². The van der Waals surface area contributed by atoms with Crippen LogP contribution in [0.4, 0.5) is 10.5 Å². The number of ether oxygens (including phenoxy) is 1. The van der Waals surface area contributed by atoms with Gasteiger partial charge >= 0.3 is 6.09 Å². The molecular weight excluding hydrogens is 332 g/mol. The first-order chi connectivity index (χ1) is 12.5. The highest BCUT2D eigenvalue weighted by atomic mass is 16.6. The van der Waals surface area contributed by atoms with E-state index in [-0.39, 0.29) is 16.5 Å². The average Bonchev–Trinajstić information content (AvgIpc) is 2.64. The quantitative estimate of drug-likeness (QED) is 0.606. The van der Waals surface area contributed by atoms with Gasteiger partial charge in [0, 0.05) is 17.5 Å². The van der Waals surface area contributed by atoms with Gasteiger partial charge in [0.1, 0.15) is 5.60 Å². The van der Waals surface area contributed by atoms with Crippen LogP contribution < -0.4 is 5.73 Å². The molecule has 2 unspecified atom stereocenters. The third kappa shape index (κ3) is 3.84. The Balaban J connectivity index is 1.93. The number of nitrogens with zero attached hydrogens (tertiary/aromatic N) is 1. The van der Waals surface area contributed by atoms with Crippen molar-refractivity contribution < 1.29 is 14.5 Å². The van der Waals surface area contributed by atoms with E-state index < -0.39 is 11.7 Å². The third-order valence-electron chi connectivity index (χ3n) is 6.30. The van der Waals surface area contributed by atoms with Crippen molar-refractivity contribution in [2.75, 3.05) is 0 Å². The van der Waals surface area contributed by atoms with E-state index in [2.05, 4.69) is 0 Å². The summed E-state index contributed by atoms with van der Waals surface area (Å²) >= 11 is 0. The SMILES string of the molecule is NC(=O)OC1(C2CCCCC2)CCCCC1Cc1ccccc1[N+](=O)[O-]. The number of benzene rings is 1. The van der Waals surface area contributed by atoms with Gasteiger partial charge in [0.25, 0.3) is 5.69 Å². The highest BCUT2D eigenvalue weighted by Crippen LogP contribution is 2.49. The van der Waals surface area contributed by atoms with Gasteiger partial charge in [-0.1, -0.05) is 43.9 Å². The van der Waals surface area contributed by atoms with Crippen molar-refractivity contribution in [2.24, 2.45) is 17.6 Å². The average molecular weight is 360 g/mol. The molecule has 0 aromatic heterocycles. The van der Waals surface area contributed by atoms with Gasteiger partial charge in [0.05, 0.1) is 4.92 Å². The Morgan fingerprint density at radius 3 is 2.54 bits per heavy atom. The van der Waals surface area contributed by atoms with E-state index in [1.807, 2.05) is 12.1 Å². The molecule has 2 aliphatic carbocycles. The van der Waals surface area contributed by atoms with Crippen molar-refractivity contribution >= 4 is 11.8 Å². The topological polar surface area (TPSA) is 95.5 Å². The van der Waals surface area contributed by atoms with Crippen LogP contribution >= 0.6 is 0 Å². The maximum Gasteiger partial charge on any atom is 0.405 e. The molecule has 0 heterocycles. The number of nitrogens with two attached hydrogens (primary N) is 1. The fourth-order valence-electron chi connectivity index (χ4n) is 5.18. The van der Waals surface area contributed by atoms with Gasteiger partial charge in [0.15, 0.2) is 0 Å². The Morgan fingerprint density at radius 1 is 1.15 bits per heavy atom. The highest BCUT2D eigenvalue weighted by molar-refractivity contribution is 5.65. The lowest BCUT2D eigenvalue weighted by molar-refractivity contribution is -0.385. The summed E-state index contributed by atoms with van der Waals surface area (Å²) in [5.41, 5.74) is 5.77. The summed E-state index contributed by atoms with van der Waals surface area (Å²) in [7, 11) is 0. The summed E-state index contributed by atoms with van der Waals surface area (Å²) in [6.07, 6.45) is 9.23. The van der Waals surface area contributed by atoms with Gasteiger partial charge < -0.3 is 10.5 Å². The molecule has 1 aromatic rings. The molecule has 0 saturated heterocycles. The van der Waals surface area contributed by atoms with E-state index in [9.17, 15) is 14.9 Å². The Bertz CT molecular complexity index is 657. The Hall–Kier alpha value is -2.11. The molecule has 2 atom stereocenters. The number of amides is 1. The van der Waals surface area contributed by atoms with Gasteiger partial charge in [0.2, 0.25) is 0 Å². The number of hydrogen-bond donors (Lipinski definition) is 1. The van der Waals surface area contributed by atoms with Crippen LogP contribution in [0.5, 0.6) is 0 Å². The third-order valence-corrected chi connectivity index (χ3v) is 6.30. The van der Waals surface area contributed by atoms with Gasteiger partial charge in [-0.05, 0) is 44.4 Å². The molecule has 0 radical (unpaired) electrons. The minimum absolute atomic E-state index is 0.0768. The van der Waals surface area contributed by atoms with Crippen molar-refractivity contribution in [3.8, 4) is 0 Å². The highest BCUT2D eigenvalue weighted by Gasteiger charge is 2.50. The van der Waals surface area contributed by atoms with Crippen molar-refractivity contribution in [1.29, 1.82) is 0 Å². The van der Waals surface area contributed by atoms with Crippen molar-refractivity contribution in [1.82, 2.24) is 0 Å². The number of hydrogen-bond acceptors (Lipinski definition) is 4. The number of carbonyl (C=O) groups excluding carboxylic acids is 1. The molecule has 0 bridgehead atoms. The second-order valence-electron chi connectivity index (χ2n) is 7.74. The molecule has 0 spiro atoms.